The molecule has 1 amide bonds. The lowest BCUT2D eigenvalue weighted by Crippen LogP contribution is -2.32. The lowest BCUT2D eigenvalue weighted by Gasteiger charge is -2.19. The topological polar surface area (TPSA) is 58.6 Å². The van der Waals surface area contributed by atoms with E-state index in [1.165, 1.54) is 0 Å². The fourth-order valence-electron chi connectivity index (χ4n) is 2.01. The molecule has 0 aliphatic carbocycles. The molecule has 0 saturated heterocycles. The van der Waals surface area contributed by atoms with Crippen molar-refractivity contribution in [3.05, 3.63) is 54.1 Å². The van der Waals surface area contributed by atoms with E-state index in [9.17, 15) is 9.90 Å². The molecule has 2 aromatic carbocycles. The molecule has 0 saturated carbocycles. The second-order valence-electron chi connectivity index (χ2n) is 6.06. The Bertz CT molecular complexity index is 645. The van der Waals surface area contributed by atoms with Gasteiger partial charge in [0.1, 0.15) is 11.4 Å². The SMILES string of the molecule is CC(C)(C)OC(=O)NCc1ccc(-c2ccccc2)cc1O. The van der Waals surface area contributed by atoms with E-state index in [1.807, 2.05) is 36.4 Å². The van der Waals surface area contributed by atoms with Crippen molar-refractivity contribution >= 4 is 6.09 Å². The zero-order valence-corrected chi connectivity index (χ0v) is 13.1. The number of hydrogen-bond donors (Lipinski definition) is 2. The number of aromatic hydroxyl groups is 1. The molecule has 4 heteroatoms. The molecule has 0 aliphatic rings. The molecule has 22 heavy (non-hydrogen) atoms. The van der Waals surface area contributed by atoms with E-state index in [2.05, 4.69) is 5.32 Å². The first-order valence-electron chi connectivity index (χ1n) is 7.19. The van der Waals surface area contributed by atoms with Crippen LogP contribution in [-0.4, -0.2) is 16.8 Å². The van der Waals surface area contributed by atoms with Gasteiger partial charge in [-0.05, 0) is 38.0 Å². The van der Waals surface area contributed by atoms with Crippen LogP contribution in [0.25, 0.3) is 11.1 Å². The lowest BCUT2D eigenvalue weighted by atomic mass is 10.0. The van der Waals surface area contributed by atoms with Gasteiger partial charge in [-0.15, -0.1) is 0 Å². The van der Waals surface area contributed by atoms with Gasteiger partial charge in [-0.1, -0.05) is 42.5 Å². The third-order valence-corrected chi connectivity index (χ3v) is 3.01. The van der Waals surface area contributed by atoms with Crippen LogP contribution in [0, 0.1) is 0 Å². The molecule has 0 atom stereocenters. The number of hydrogen-bond acceptors (Lipinski definition) is 3. The van der Waals surface area contributed by atoms with Crippen molar-refractivity contribution in [1.82, 2.24) is 5.32 Å². The number of carbonyl (C=O) groups is 1. The van der Waals surface area contributed by atoms with Crippen LogP contribution < -0.4 is 5.32 Å². The highest BCUT2D eigenvalue weighted by Gasteiger charge is 2.16. The summed E-state index contributed by atoms with van der Waals surface area (Å²) in [5.41, 5.74) is 2.07. The third kappa shape index (κ3) is 4.52. The largest absolute Gasteiger partial charge is 0.508 e. The zero-order valence-electron chi connectivity index (χ0n) is 13.1. The molecule has 0 aromatic heterocycles. The number of phenolic OH excluding ortho intramolecular Hbond substituents is 1. The Morgan fingerprint density at radius 3 is 2.36 bits per heavy atom. The van der Waals surface area contributed by atoms with Gasteiger partial charge < -0.3 is 15.2 Å². The van der Waals surface area contributed by atoms with Crippen LogP contribution in [0.4, 0.5) is 4.79 Å². The van der Waals surface area contributed by atoms with Gasteiger partial charge in [-0.25, -0.2) is 4.79 Å². The van der Waals surface area contributed by atoms with Crippen LogP contribution in [0.15, 0.2) is 48.5 Å². The van der Waals surface area contributed by atoms with Gasteiger partial charge in [0.25, 0.3) is 0 Å². The average Bonchev–Trinajstić information content (AvgIpc) is 2.45. The molecule has 0 spiro atoms. The second-order valence-corrected chi connectivity index (χ2v) is 6.06. The van der Waals surface area contributed by atoms with E-state index in [0.717, 1.165) is 11.1 Å². The molecule has 0 unspecified atom stereocenters. The molecule has 4 nitrogen and oxygen atoms in total. The van der Waals surface area contributed by atoms with Crippen molar-refractivity contribution in [3.8, 4) is 16.9 Å². The number of nitrogens with one attached hydrogen (secondary N) is 1. The maximum Gasteiger partial charge on any atom is 0.407 e. The van der Waals surface area contributed by atoms with Crippen LogP contribution >= 0.6 is 0 Å². The van der Waals surface area contributed by atoms with Crippen LogP contribution in [0.1, 0.15) is 26.3 Å². The van der Waals surface area contributed by atoms with Crippen molar-refractivity contribution < 1.29 is 14.6 Å². The molecule has 2 N–H and O–H groups in total. The number of benzene rings is 2. The first-order chi connectivity index (χ1) is 10.3. The van der Waals surface area contributed by atoms with Gasteiger partial charge in [0.05, 0.1) is 0 Å². The maximum atomic E-state index is 11.6. The Balaban J connectivity index is 2.03. The Kier molecular flexibility index (Phi) is 4.71. The molecule has 116 valence electrons. The zero-order chi connectivity index (χ0) is 16.2. The first-order valence-corrected chi connectivity index (χ1v) is 7.19. The van der Waals surface area contributed by atoms with E-state index >= 15 is 0 Å². The van der Waals surface area contributed by atoms with Gasteiger partial charge in [-0.2, -0.15) is 0 Å². The Labute approximate surface area is 130 Å². The fraction of sp³-hybridized carbons (Fsp3) is 0.278. The minimum Gasteiger partial charge on any atom is -0.508 e. The average molecular weight is 299 g/mol. The predicted octanol–water partition coefficient (Wildman–Crippen LogP) is 4.08. The summed E-state index contributed by atoms with van der Waals surface area (Å²) in [5, 5.41) is 12.7. The highest BCUT2D eigenvalue weighted by Crippen LogP contribution is 2.26. The van der Waals surface area contributed by atoms with E-state index in [0.29, 0.717) is 5.56 Å². The van der Waals surface area contributed by atoms with Crippen molar-refractivity contribution in [1.29, 1.82) is 0 Å². The van der Waals surface area contributed by atoms with Crippen LogP contribution in [0.2, 0.25) is 0 Å². The highest BCUT2D eigenvalue weighted by molar-refractivity contribution is 5.69. The summed E-state index contributed by atoms with van der Waals surface area (Å²) in [6.45, 7) is 5.63. The summed E-state index contributed by atoms with van der Waals surface area (Å²) >= 11 is 0. The summed E-state index contributed by atoms with van der Waals surface area (Å²) in [6.07, 6.45) is -0.501. The van der Waals surface area contributed by atoms with Gasteiger partial charge >= 0.3 is 6.09 Å². The smallest absolute Gasteiger partial charge is 0.407 e. The van der Waals surface area contributed by atoms with Crippen molar-refractivity contribution in [2.24, 2.45) is 0 Å². The summed E-state index contributed by atoms with van der Waals surface area (Å²) < 4.78 is 5.16. The Morgan fingerprint density at radius 2 is 1.77 bits per heavy atom. The van der Waals surface area contributed by atoms with Crippen LogP contribution in [-0.2, 0) is 11.3 Å². The number of alkyl carbamates (subject to hydrolysis) is 1. The van der Waals surface area contributed by atoms with E-state index in [1.54, 1.807) is 32.9 Å². The number of ether oxygens (including phenoxy) is 1. The van der Waals surface area contributed by atoms with Gasteiger partial charge in [0.2, 0.25) is 0 Å². The molecular weight excluding hydrogens is 278 g/mol. The number of carbonyl (C=O) groups excluding carboxylic acids is 1. The minimum atomic E-state index is -0.538. The predicted molar refractivity (Wildman–Crippen MR) is 86.6 cm³/mol. The van der Waals surface area contributed by atoms with Crippen molar-refractivity contribution in [3.63, 3.8) is 0 Å². The fourth-order valence-corrected chi connectivity index (χ4v) is 2.01. The van der Waals surface area contributed by atoms with Crippen LogP contribution in [0.3, 0.4) is 0 Å². The van der Waals surface area contributed by atoms with Gasteiger partial charge in [-0.3, -0.25) is 0 Å². The molecule has 0 bridgehead atoms. The molecule has 0 fully saturated rings. The maximum absolute atomic E-state index is 11.6. The number of phenols is 1. The van der Waals surface area contributed by atoms with E-state index < -0.39 is 11.7 Å². The molecular formula is C18H21NO3. The summed E-state index contributed by atoms with van der Waals surface area (Å²) in [4.78, 5) is 11.6. The monoisotopic (exact) mass is 299 g/mol. The first kappa shape index (κ1) is 15.9. The summed E-state index contributed by atoms with van der Waals surface area (Å²) in [6, 6.07) is 15.2. The number of amides is 1. The Morgan fingerprint density at radius 1 is 1.09 bits per heavy atom. The second kappa shape index (κ2) is 6.52. The standard InChI is InChI=1S/C18H21NO3/c1-18(2,3)22-17(21)19-12-15-10-9-14(11-16(15)20)13-7-5-4-6-8-13/h4-11,20H,12H2,1-3H3,(H,19,21). The number of rotatable bonds is 3. The summed E-state index contributed by atoms with van der Waals surface area (Å²) in [5.74, 6) is 0.150. The van der Waals surface area contributed by atoms with Crippen molar-refractivity contribution in [2.45, 2.75) is 32.9 Å². The summed E-state index contributed by atoms with van der Waals surface area (Å²) in [7, 11) is 0. The van der Waals surface area contributed by atoms with E-state index in [4.69, 9.17) is 4.74 Å². The van der Waals surface area contributed by atoms with Crippen LogP contribution in [0.5, 0.6) is 5.75 Å². The van der Waals surface area contributed by atoms with Crippen molar-refractivity contribution in [2.75, 3.05) is 0 Å². The normalized spacial score (nSPS) is 11.0. The molecule has 0 aliphatic heterocycles. The molecule has 2 rings (SSSR count). The Hall–Kier alpha value is -2.49. The molecule has 0 radical (unpaired) electrons. The van der Waals surface area contributed by atoms with Gasteiger partial charge in [0, 0.05) is 12.1 Å². The van der Waals surface area contributed by atoms with Gasteiger partial charge in [0.15, 0.2) is 0 Å². The highest BCUT2D eigenvalue weighted by atomic mass is 16.6. The lowest BCUT2D eigenvalue weighted by molar-refractivity contribution is 0.0523. The van der Waals surface area contributed by atoms with E-state index in [-0.39, 0.29) is 12.3 Å². The minimum absolute atomic E-state index is 0.150. The third-order valence-electron chi connectivity index (χ3n) is 3.01. The molecule has 2 aromatic rings. The molecule has 0 heterocycles. The quantitative estimate of drug-likeness (QED) is 0.897.